The van der Waals surface area contributed by atoms with Crippen molar-refractivity contribution in [2.75, 3.05) is 6.54 Å². The maximum Gasteiger partial charge on any atom is 0.241 e. The first kappa shape index (κ1) is 14.6. The van der Waals surface area contributed by atoms with E-state index in [0.717, 1.165) is 18.0 Å². The van der Waals surface area contributed by atoms with Gasteiger partial charge in [0, 0.05) is 18.4 Å². The number of likely N-dealkylation sites (tertiary alicyclic amines) is 1. The van der Waals surface area contributed by atoms with Gasteiger partial charge in [-0.3, -0.25) is 9.58 Å². The van der Waals surface area contributed by atoms with E-state index in [-0.39, 0.29) is 0 Å². The number of piperidine rings is 1. The van der Waals surface area contributed by atoms with Gasteiger partial charge in [-0.1, -0.05) is 17.6 Å². The lowest BCUT2D eigenvalue weighted by molar-refractivity contribution is 0.108. The van der Waals surface area contributed by atoms with Gasteiger partial charge in [0.15, 0.2) is 0 Å². The van der Waals surface area contributed by atoms with Crippen LogP contribution in [0.2, 0.25) is 0 Å². The van der Waals surface area contributed by atoms with Crippen LogP contribution in [0.15, 0.2) is 40.5 Å². The molecule has 6 nitrogen and oxygen atoms in total. The summed E-state index contributed by atoms with van der Waals surface area (Å²) in [4.78, 5) is 8.04. The third-order valence-corrected chi connectivity index (χ3v) is 5.12. The van der Waals surface area contributed by atoms with Crippen LogP contribution in [0.3, 0.4) is 0 Å². The van der Waals surface area contributed by atoms with E-state index in [1.807, 2.05) is 40.7 Å². The molecular formula is C16H19N5OS. The molecule has 0 unspecified atom stereocenters. The molecule has 4 heterocycles. The Labute approximate surface area is 138 Å². The summed E-state index contributed by atoms with van der Waals surface area (Å²) in [7, 11) is 0. The zero-order chi connectivity index (χ0) is 15.5. The van der Waals surface area contributed by atoms with Crippen molar-refractivity contribution in [3.8, 4) is 10.7 Å². The number of hydrogen-bond acceptors (Lipinski definition) is 6. The molecule has 1 fully saturated rings. The fraction of sp³-hybridized carbons (Fsp3) is 0.438. The van der Waals surface area contributed by atoms with Gasteiger partial charge < -0.3 is 4.52 Å². The molecule has 3 aromatic rings. The Bertz CT molecular complexity index is 722. The summed E-state index contributed by atoms with van der Waals surface area (Å²) in [5.41, 5.74) is 0. The summed E-state index contributed by atoms with van der Waals surface area (Å²) in [5.74, 6) is 1.39. The first-order valence-electron chi connectivity index (χ1n) is 7.96. The minimum atomic E-state index is 0.473. The van der Waals surface area contributed by atoms with Crippen molar-refractivity contribution < 1.29 is 4.52 Å². The molecule has 1 atom stereocenters. The van der Waals surface area contributed by atoms with Gasteiger partial charge in [-0.25, -0.2) is 0 Å². The summed E-state index contributed by atoms with van der Waals surface area (Å²) < 4.78 is 7.46. The molecular weight excluding hydrogens is 310 g/mol. The van der Waals surface area contributed by atoms with Crippen LogP contribution in [0.25, 0.3) is 10.7 Å². The molecule has 0 bridgehead atoms. The molecule has 7 heteroatoms. The van der Waals surface area contributed by atoms with Gasteiger partial charge in [0.2, 0.25) is 11.7 Å². The highest BCUT2D eigenvalue weighted by atomic mass is 32.1. The molecule has 120 valence electrons. The molecule has 1 aliphatic rings. The van der Waals surface area contributed by atoms with E-state index < -0.39 is 0 Å². The van der Waals surface area contributed by atoms with Gasteiger partial charge in [0.05, 0.1) is 18.0 Å². The molecule has 0 amide bonds. The first-order valence-corrected chi connectivity index (χ1v) is 8.84. The fourth-order valence-corrected chi connectivity index (χ4v) is 3.75. The smallest absolute Gasteiger partial charge is 0.241 e. The van der Waals surface area contributed by atoms with E-state index in [2.05, 4.69) is 20.1 Å². The Kier molecular flexibility index (Phi) is 4.21. The van der Waals surface area contributed by atoms with Crippen molar-refractivity contribution in [1.82, 2.24) is 24.8 Å². The van der Waals surface area contributed by atoms with E-state index in [1.165, 1.54) is 19.3 Å². The summed E-state index contributed by atoms with van der Waals surface area (Å²) in [6.07, 6.45) is 7.53. The van der Waals surface area contributed by atoms with Crippen molar-refractivity contribution in [2.45, 2.75) is 38.4 Å². The minimum Gasteiger partial charge on any atom is -0.338 e. The minimum absolute atomic E-state index is 0.473. The average molecular weight is 329 g/mol. The average Bonchev–Trinajstić information content (AvgIpc) is 3.31. The summed E-state index contributed by atoms with van der Waals surface area (Å²) in [6, 6.07) is 6.46. The van der Waals surface area contributed by atoms with Gasteiger partial charge >= 0.3 is 0 Å². The third kappa shape index (κ3) is 3.35. The molecule has 23 heavy (non-hydrogen) atoms. The fourth-order valence-electron chi connectivity index (χ4n) is 3.10. The second-order valence-corrected chi connectivity index (χ2v) is 6.78. The zero-order valence-corrected chi connectivity index (χ0v) is 13.7. The molecule has 0 aliphatic carbocycles. The first-order chi connectivity index (χ1) is 11.4. The number of aromatic nitrogens is 4. The number of hydrogen-bond donors (Lipinski definition) is 0. The SMILES string of the molecule is c1csc(-c2noc(CN3CCCC[C@@H]3Cn3cccn3)n2)c1. The van der Waals surface area contributed by atoms with Gasteiger partial charge in [0.1, 0.15) is 0 Å². The van der Waals surface area contributed by atoms with E-state index >= 15 is 0 Å². The summed E-state index contributed by atoms with van der Waals surface area (Å²) >= 11 is 1.63. The molecule has 1 saturated heterocycles. The quantitative estimate of drug-likeness (QED) is 0.720. The van der Waals surface area contributed by atoms with Gasteiger partial charge in [-0.15, -0.1) is 11.3 Å². The van der Waals surface area contributed by atoms with Crippen LogP contribution in [0.4, 0.5) is 0 Å². The van der Waals surface area contributed by atoms with Crippen molar-refractivity contribution >= 4 is 11.3 Å². The van der Waals surface area contributed by atoms with Crippen LogP contribution in [0.5, 0.6) is 0 Å². The standard InChI is InChI=1S/C16H19N5OS/c1-2-8-20(13(5-1)11-21-9-4-7-17-21)12-15-18-16(19-22-15)14-6-3-10-23-14/h3-4,6-7,9-10,13H,1-2,5,8,11-12H2/t13-/m1/s1. The summed E-state index contributed by atoms with van der Waals surface area (Å²) in [6.45, 7) is 2.70. The lowest BCUT2D eigenvalue weighted by Gasteiger charge is -2.34. The monoisotopic (exact) mass is 329 g/mol. The van der Waals surface area contributed by atoms with Gasteiger partial charge in [-0.2, -0.15) is 10.1 Å². The second kappa shape index (κ2) is 6.64. The van der Waals surface area contributed by atoms with E-state index in [4.69, 9.17) is 4.52 Å². The number of nitrogens with zero attached hydrogens (tertiary/aromatic N) is 5. The molecule has 0 saturated carbocycles. The summed E-state index contributed by atoms with van der Waals surface area (Å²) in [5, 5.41) is 10.5. The molecule has 0 radical (unpaired) electrons. The molecule has 0 aromatic carbocycles. The Morgan fingerprint density at radius 2 is 2.30 bits per heavy atom. The van der Waals surface area contributed by atoms with Crippen molar-refractivity contribution in [3.05, 3.63) is 41.9 Å². The molecule has 0 spiro atoms. The van der Waals surface area contributed by atoms with Crippen molar-refractivity contribution in [2.24, 2.45) is 0 Å². The van der Waals surface area contributed by atoms with E-state index in [9.17, 15) is 0 Å². The van der Waals surface area contributed by atoms with Crippen LogP contribution in [0, 0.1) is 0 Å². The predicted octanol–water partition coefficient (Wildman–Crippen LogP) is 3.05. The lowest BCUT2D eigenvalue weighted by Crippen LogP contribution is -2.41. The topological polar surface area (TPSA) is 60.0 Å². The maximum absolute atomic E-state index is 5.46. The third-order valence-electron chi connectivity index (χ3n) is 4.25. The molecule has 3 aromatic heterocycles. The van der Waals surface area contributed by atoms with Crippen LogP contribution in [-0.4, -0.2) is 37.4 Å². The Morgan fingerprint density at radius 3 is 3.13 bits per heavy atom. The lowest BCUT2D eigenvalue weighted by atomic mass is 10.0. The number of thiophene rings is 1. The number of rotatable bonds is 5. The highest BCUT2D eigenvalue weighted by Gasteiger charge is 2.25. The van der Waals surface area contributed by atoms with Crippen molar-refractivity contribution in [1.29, 1.82) is 0 Å². The van der Waals surface area contributed by atoms with Crippen molar-refractivity contribution in [3.63, 3.8) is 0 Å². The Morgan fingerprint density at radius 1 is 1.30 bits per heavy atom. The van der Waals surface area contributed by atoms with Crippen LogP contribution < -0.4 is 0 Å². The van der Waals surface area contributed by atoms with Crippen LogP contribution in [-0.2, 0) is 13.1 Å². The van der Waals surface area contributed by atoms with Crippen LogP contribution in [0.1, 0.15) is 25.2 Å². The maximum atomic E-state index is 5.46. The highest BCUT2D eigenvalue weighted by Crippen LogP contribution is 2.24. The largest absolute Gasteiger partial charge is 0.338 e. The Hall–Kier alpha value is -1.99. The molecule has 0 N–H and O–H groups in total. The molecule has 4 rings (SSSR count). The molecule has 1 aliphatic heterocycles. The van der Waals surface area contributed by atoms with E-state index in [0.29, 0.717) is 24.3 Å². The zero-order valence-electron chi connectivity index (χ0n) is 12.8. The normalized spacial score (nSPS) is 19.2. The predicted molar refractivity (Wildman–Crippen MR) is 87.9 cm³/mol. The highest BCUT2D eigenvalue weighted by molar-refractivity contribution is 7.13. The van der Waals surface area contributed by atoms with Gasteiger partial charge in [0.25, 0.3) is 0 Å². The Balaban J connectivity index is 1.45. The second-order valence-electron chi connectivity index (χ2n) is 5.84. The van der Waals surface area contributed by atoms with E-state index in [1.54, 1.807) is 11.3 Å². The van der Waals surface area contributed by atoms with Gasteiger partial charge in [-0.05, 0) is 36.9 Å². The van der Waals surface area contributed by atoms with Crippen LogP contribution >= 0.6 is 11.3 Å².